The van der Waals surface area contributed by atoms with E-state index in [1.165, 1.54) is 4.31 Å². The Kier molecular flexibility index (Phi) is 6.88. The Bertz CT molecular complexity index is 844. The molecule has 1 amide bonds. The number of carbonyl (C=O) groups is 2. The van der Waals surface area contributed by atoms with E-state index in [0.29, 0.717) is 19.3 Å². The van der Waals surface area contributed by atoms with Crippen molar-refractivity contribution in [2.75, 3.05) is 13.1 Å². The summed E-state index contributed by atoms with van der Waals surface area (Å²) < 4.78 is 27.2. The molecule has 0 bridgehead atoms. The quantitative estimate of drug-likeness (QED) is 0.719. The van der Waals surface area contributed by atoms with Crippen molar-refractivity contribution in [3.05, 3.63) is 29.3 Å². The minimum absolute atomic E-state index is 0.144. The lowest BCUT2D eigenvalue weighted by molar-refractivity contribution is -0.139. The molecule has 0 aromatic heterocycles. The molecule has 7 nitrogen and oxygen atoms in total. The number of hydrogen-bond acceptors (Lipinski definition) is 4. The Morgan fingerprint density at radius 3 is 2.32 bits per heavy atom. The van der Waals surface area contributed by atoms with Gasteiger partial charge in [-0.05, 0) is 63.3 Å². The summed E-state index contributed by atoms with van der Waals surface area (Å²) in [6, 6.07) is 5.10. The van der Waals surface area contributed by atoms with Crippen LogP contribution in [0.1, 0.15) is 50.7 Å². The monoisotopic (exact) mass is 410 g/mol. The van der Waals surface area contributed by atoms with Gasteiger partial charge in [-0.15, -0.1) is 0 Å². The fourth-order valence-corrected chi connectivity index (χ4v) is 4.93. The number of benzene rings is 1. The fraction of sp³-hybridized carbons (Fsp3) is 0.600. The first-order valence-corrected chi connectivity index (χ1v) is 11.0. The standard InChI is InChI=1S/C20H30N2O5S/c1-5-20(4,13-18(23)24)21-19(25)16-8-10-22(11-9-16)28(26,27)17-7-6-14(2)15(3)12-17/h6-7,12,16H,5,8-11,13H2,1-4H3,(H,21,25)(H,23,24)/t20-/m1/s1. The Balaban J connectivity index is 2.02. The number of nitrogens with one attached hydrogen (secondary N) is 1. The van der Waals surface area contributed by atoms with Crippen LogP contribution >= 0.6 is 0 Å². The number of piperidine rings is 1. The van der Waals surface area contributed by atoms with Crippen LogP contribution in [0.3, 0.4) is 0 Å². The first-order chi connectivity index (χ1) is 13.0. The van der Waals surface area contributed by atoms with E-state index >= 15 is 0 Å². The molecule has 1 atom stereocenters. The molecule has 0 unspecified atom stereocenters. The van der Waals surface area contributed by atoms with Crippen molar-refractivity contribution in [3.8, 4) is 0 Å². The molecule has 156 valence electrons. The number of aryl methyl sites for hydroxylation is 2. The van der Waals surface area contributed by atoms with E-state index in [-0.39, 0.29) is 36.2 Å². The molecule has 1 saturated heterocycles. The number of carboxylic acids is 1. The summed E-state index contributed by atoms with van der Waals surface area (Å²) in [6.07, 6.45) is 1.20. The van der Waals surface area contributed by atoms with E-state index in [0.717, 1.165) is 11.1 Å². The highest BCUT2D eigenvalue weighted by Gasteiger charge is 2.35. The molecule has 1 fully saturated rings. The number of hydrogen-bond donors (Lipinski definition) is 2. The summed E-state index contributed by atoms with van der Waals surface area (Å²) in [5.74, 6) is -1.47. The number of aliphatic carboxylic acids is 1. The third-order valence-electron chi connectivity index (χ3n) is 5.69. The third-order valence-corrected chi connectivity index (χ3v) is 7.58. The van der Waals surface area contributed by atoms with E-state index in [2.05, 4.69) is 5.32 Å². The Morgan fingerprint density at radius 2 is 1.82 bits per heavy atom. The van der Waals surface area contributed by atoms with Gasteiger partial charge in [0.1, 0.15) is 0 Å². The molecule has 0 spiro atoms. The average molecular weight is 411 g/mol. The zero-order valence-corrected chi connectivity index (χ0v) is 17.8. The molecule has 1 heterocycles. The molecular formula is C20H30N2O5S. The fourth-order valence-electron chi connectivity index (χ4n) is 3.37. The van der Waals surface area contributed by atoms with Crippen LogP contribution in [-0.2, 0) is 19.6 Å². The van der Waals surface area contributed by atoms with E-state index in [4.69, 9.17) is 5.11 Å². The van der Waals surface area contributed by atoms with Crippen LogP contribution in [0.2, 0.25) is 0 Å². The summed E-state index contributed by atoms with van der Waals surface area (Å²) in [7, 11) is -3.58. The van der Waals surface area contributed by atoms with Gasteiger partial charge < -0.3 is 10.4 Å². The maximum atomic E-state index is 12.9. The molecular weight excluding hydrogens is 380 g/mol. The van der Waals surface area contributed by atoms with Crippen molar-refractivity contribution in [2.45, 2.75) is 63.8 Å². The molecule has 2 N–H and O–H groups in total. The van der Waals surface area contributed by atoms with Gasteiger partial charge >= 0.3 is 5.97 Å². The van der Waals surface area contributed by atoms with Crippen LogP contribution in [-0.4, -0.2) is 48.3 Å². The normalized spacial score (nSPS) is 18.4. The van der Waals surface area contributed by atoms with Crippen molar-refractivity contribution in [1.82, 2.24) is 9.62 Å². The number of nitrogens with zero attached hydrogens (tertiary/aromatic N) is 1. The van der Waals surface area contributed by atoms with Gasteiger partial charge in [0, 0.05) is 24.5 Å². The summed E-state index contributed by atoms with van der Waals surface area (Å²) >= 11 is 0. The van der Waals surface area contributed by atoms with Gasteiger partial charge in [0.15, 0.2) is 0 Å². The highest BCUT2D eigenvalue weighted by Crippen LogP contribution is 2.26. The van der Waals surface area contributed by atoms with Crippen LogP contribution in [0.15, 0.2) is 23.1 Å². The van der Waals surface area contributed by atoms with Crippen molar-refractivity contribution >= 4 is 21.9 Å². The largest absolute Gasteiger partial charge is 0.481 e. The van der Waals surface area contributed by atoms with Crippen molar-refractivity contribution < 1.29 is 23.1 Å². The van der Waals surface area contributed by atoms with Gasteiger partial charge in [0.05, 0.1) is 11.3 Å². The minimum atomic E-state index is -3.58. The van der Waals surface area contributed by atoms with Gasteiger partial charge in [-0.2, -0.15) is 4.31 Å². The van der Waals surface area contributed by atoms with Crippen LogP contribution in [0.25, 0.3) is 0 Å². The summed E-state index contributed by atoms with van der Waals surface area (Å²) in [6.45, 7) is 7.92. The minimum Gasteiger partial charge on any atom is -0.481 e. The molecule has 0 radical (unpaired) electrons. The smallest absolute Gasteiger partial charge is 0.305 e. The van der Waals surface area contributed by atoms with Gasteiger partial charge in [-0.1, -0.05) is 13.0 Å². The lowest BCUT2D eigenvalue weighted by Crippen LogP contribution is -2.51. The predicted molar refractivity (Wildman–Crippen MR) is 106 cm³/mol. The summed E-state index contributed by atoms with van der Waals surface area (Å²) in [5, 5.41) is 11.9. The molecule has 8 heteroatoms. The molecule has 0 aliphatic carbocycles. The predicted octanol–water partition coefficient (Wildman–Crippen LogP) is 2.46. The third kappa shape index (κ3) is 5.11. The summed E-state index contributed by atoms with van der Waals surface area (Å²) in [4.78, 5) is 23.9. The first-order valence-electron chi connectivity index (χ1n) is 9.60. The van der Waals surface area contributed by atoms with E-state index in [1.54, 1.807) is 25.1 Å². The summed E-state index contributed by atoms with van der Waals surface area (Å²) in [5.41, 5.74) is 1.16. The highest BCUT2D eigenvalue weighted by atomic mass is 32.2. The SMILES string of the molecule is CC[C@](C)(CC(=O)O)NC(=O)C1CCN(S(=O)(=O)c2ccc(C)c(C)c2)CC1. The van der Waals surface area contributed by atoms with Gasteiger partial charge in [-0.25, -0.2) is 8.42 Å². The molecule has 0 saturated carbocycles. The van der Waals surface area contributed by atoms with Crippen molar-refractivity contribution in [3.63, 3.8) is 0 Å². The Hall–Kier alpha value is -1.93. The molecule has 2 rings (SSSR count). The average Bonchev–Trinajstić information content (AvgIpc) is 2.63. The maximum absolute atomic E-state index is 12.9. The van der Waals surface area contributed by atoms with Crippen molar-refractivity contribution in [1.29, 1.82) is 0 Å². The molecule has 1 aliphatic rings. The first kappa shape index (κ1) is 22.4. The maximum Gasteiger partial charge on any atom is 0.305 e. The molecule has 1 aromatic carbocycles. The van der Waals surface area contributed by atoms with Gasteiger partial charge in [0.25, 0.3) is 0 Å². The zero-order chi connectivity index (χ0) is 21.1. The van der Waals surface area contributed by atoms with E-state index < -0.39 is 21.5 Å². The molecule has 1 aromatic rings. The van der Waals surface area contributed by atoms with Crippen LogP contribution < -0.4 is 5.32 Å². The van der Waals surface area contributed by atoms with Gasteiger partial charge in [0.2, 0.25) is 15.9 Å². The van der Waals surface area contributed by atoms with Gasteiger partial charge in [-0.3, -0.25) is 9.59 Å². The lowest BCUT2D eigenvalue weighted by atomic mass is 9.91. The second kappa shape index (κ2) is 8.61. The molecule has 28 heavy (non-hydrogen) atoms. The van der Waals surface area contributed by atoms with E-state index in [9.17, 15) is 18.0 Å². The Morgan fingerprint density at radius 1 is 1.21 bits per heavy atom. The zero-order valence-electron chi connectivity index (χ0n) is 17.0. The van der Waals surface area contributed by atoms with E-state index in [1.807, 2.05) is 20.8 Å². The highest BCUT2D eigenvalue weighted by molar-refractivity contribution is 7.89. The number of rotatable bonds is 7. The number of carboxylic acid groups (broad SMARTS) is 1. The van der Waals surface area contributed by atoms with Crippen molar-refractivity contribution in [2.24, 2.45) is 5.92 Å². The van der Waals surface area contributed by atoms with Crippen LogP contribution in [0.5, 0.6) is 0 Å². The molecule has 1 aliphatic heterocycles. The topological polar surface area (TPSA) is 104 Å². The number of amides is 1. The second-order valence-electron chi connectivity index (χ2n) is 7.90. The van der Waals surface area contributed by atoms with Crippen LogP contribution in [0.4, 0.5) is 0 Å². The number of carbonyl (C=O) groups excluding carboxylic acids is 1. The lowest BCUT2D eigenvalue weighted by Gasteiger charge is -2.34. The second-order valence-corrected chi connectivity index (χ2v) is 9.84. The number of sulfonamides is 1. The Labute approximate surface area is 167 Å². The van der Waals surface area contributed by atoms with Crippen LogP contribution in [0, 0.1) is 19.8 Å².